The van der Waals surface area contributed by atoms with Crippen molar-refractivity contribution in [2.45, 2.75) is 25.9 Å². The molecule has 0 aromatic heterocycles. The van der Waals surface area contributed by atoms with Crippen LogP contribution >= 0.6 is 0 Å². The fourth-order valence-electron chi connectivity index (χ4n) is 2.08. The van der Waals surface area contributed by atoms with E-state index < -0.39 is 11.7 Å². The molecule has 0 fully saturated rings. The number of halogens is 3. The van der Waals surface area contributed by atoms with Crippen molar-refractivity contribution in [2.75, 3.05) is 0 Å². The Morgan fingerprint density at radius 3 is 2.20 bits per heavy atom. The molecule has 0 amide bonds. The molecule has 4 heteroatoms. The van der Waals surface area contributed by atoms with Gasteiger partial charge in [-0.25, -0.2) is 0 Å². The lowest BCUT2D eigenvalue weighted by molar-refractivity contribution is -0.138. The number of hydrogen-bond donors (Lipinski definition) is 1. The second-order valence-electron chi connectivity index (χ2n) is 4.82. The van der Waals surface area contributed by atoms with Crippen molar-refractivity contribution >= 4 is 0 Å². The summed E-state index contributed by atoms with van der Waals surface area (Å²) in [6.07, 6.45) is -3.62. The number of hydrogen-bond acceptors (Lipinski definition) is 1. The molecule has 0 aliphatic rings. The van der Waals surface area contributed by atoms with Gasteiger partial charge in [0.2, 0.25) is 0 Å². The van der Waals surface area contributed by atoms with Crippen molar-refractivity contribution in [1.29, 1.82) is 0 Å². The lowest BCUT2D eigenvalue weighted by Crippen LogP contribution is -2.09. The van der Waals surface area contributed by atoms with Crippen LogP contribution in [0.4, 0.5) is 13.2 Å². The number of benzene rings is 2. The molecule has 106 valence electrons. The summed E-state index contributed by atoms with van der Waals surface area (Å²) in [4.78, 5) is 0. The molecule has 0 radical (unpaired) electrons. The van der Waals surface area contributed by atoms with Crippen molar-refractivity contribution in [3.8, 4) is 5.75 Å². The second-order valence-corrected chi connectivity index (χ2v) is 4.82. The molecule has 20 heavy (non-hydrogen) atoms. The lowest BCUT2D eigenvalue weighted by atomic mass is 9.99. The predicted octanol–water partition coefficient (Wildman–Crippen LogP) is 4.50. The van der Waals surface area contributed by atoms with E-state index in [1.54, 1.807) is 0 Å². The molecule has 0 saturated carbocycles. The van der Waals surface area contributed by atoms with Crippen LogP contribution in [0, 0.1) is 6.92 Å². The first-order chi connectivity index (χ1) is 9.36. The van der Waals surface area contributed by atoms with Gasteiger partial charge in [0.1, 0.15) is 5.75 Å². The van der Waals surface area contributed by atoms with Gasteiger partial charge < -0.3 is 5.11 Å². The van der Waals surface area contributed by atoms with Gasteiger partial charge in [-0.05, 0) is 43.0 Å². The van der Waals surface area contributed by atoms with E-state index in [2.05, 4.69) is 0 Å². The standard InChI is InChI=1S/C16H15F3O/c1-11-2-4-12(5-3-11)6-7-13-8-9-14(20)10-15(13)16(17,18)19/h2-5,8-10,20H,6-7H2,1H3. The van der Waals surface area contributed by atoms with E-state index in [0.29, 0.717) is 6.42 Å². The summed E-state index contributed by atoms with van der Waals surface area (Å²) in [6, 6.07) is 11.1. The maximum atomic E-state index is 12.9. The monoisotopic (exact) mass is 280 g/mol. The molecule has 0 spiro atoms. The summed E-state index contributed by atoms with van der Waals surface area (Å²) < 4.78 is 38.7. The van der Waals surface area contributed by atoms with E-state index >= 15 is 0 Å². The molecule has 2 aromatic rings. The van der Waals surface area contributed by atoms with Crippen LogP contribution in [0.1, 0.15) is 22.3 Å². The first kappa shape index (κ1) is 14.4. The van der Waals surface area contributed by atoms with E-state index in [0.717, 1.165) is 17.2 Å². The number of phenolic OH excluding ortho intramolecular Hbond substituents is 1. The van der Waals surface area contributed by atoms with E-state index in [-0.39, 0.29) is 17.7 Å². The molecular formula is C16H15F3O. The third kappa shape index (κ3) is 3.53. The van der Waals surface area contributed by atoms with Gasteiger partial charge in [0.25, 0.3) is 0 Å². The molecule has 0 aliphatic heterocycles. The van der Waals surface area contributed by atoms with E-state index in [4.69, 9.17) is 0 Å². The fraction of sp³-hybridized carbons (Fsp3) is 0.250. The summed E-state index contributed by atoms with van der Waals surface area (Å²) >= 11 is 0. The quantitative estimate of drug-likeness (QED) is 0.877. The number of aryl methyl sites for hydroxylation is 3. The number of phenols is 1. The molecule has 2 rings (SSSR count). The maximum Gasteiger partial charge on any atom is 0.416 e. The van der Waals surface area contributed by atoms with E-state index in [1.807, 2.05) is 31.2 Å². The topological polar surface area (TPSA) is 20.2 Å². The Balaban J connectivity index is 2.19. The minimum atomic E-state index is -4.44. The Kier molecular flexibility index (Phi) is 4.02. The van der Waals surface area contributed by atoms with Crippen molar-refractivity contribution in [3.63, 3.8) is 0 Å². The molecule has 0 aliphatic carbocycles. The maximum absolute atomic E-state index is 12.9. The van der Waals surface area contributed by atoms with Crippen molar-refractivity contribution in [2.24, 2.45) is 0 Å². The zero-order valence-electron chi connectivity index (χ0n) is 11.0. The van der Waals surface area contributed by atoms with E-state index in [1.165, 1.54) is 12.1 Å². The molecular weight excluding hydrogens is 265 g/mol. The third-order valence-electron chi connectivity index (χ3n) is 3.20. The van der Waals surface area contributed by atoms with Crippen LogP contribution in [0.3, 0.4) is 0 Å². The van der Waals surface area contributed by atoms with Crippen LogP contribution in [0.2, 0.25) is 0 Å². The van der Waals surface area contributed by atoms with Crippen LogP contribution in [0.5, 0.6) is 5.75 Å². The number of aromatic hydroxyl groups is 1. The predicted molar refractivity (Wildman–Crippen MR) is 71.7 cm³/mol. The van der Waals surface area contributed by atoms with Crippen LogP contribution in [0.25, 0.3) is 0 Å². The number of rotatable bonds is 3. The van der Waals surface area contributed by atoms with Gasteiger partial charge >= 0.3 is 6.18 Å². The van der Waals surface area contributed by atoms with Crippen molar-refractivity contribution < 1.29 is 18.3 Å². The summed E-state index contributed by atoms with van der Waals surface area (Å²) in [6.45, 7) is 1.96. The zero-order valence-corrected chi connectivity index (χ0v) is 11.0. The first-order valence-corrected chi connectivity index (χ1v) is 6.31. The van der Waals surface area contributed by atoms with Gasteiger partial charge in [-0.15, -0.1) is 0 Å². The highest BCUT2D eigenvalue weighted by molar-refractivity contribution is 5.37. The van der Waals surface area contributed by atoms with Crippen LogP contribution in [-0.2, 0) is 19.0 Å². The third-order valence-corrected chi connectivity index (χ3v) is 3.20. The highest BCUT2D eigenvalue weighted by atomic mass is 19.4. The van der Waals surface area contributed by atoms with Crippen LogP contribution in [-0.4, -0.2) is 5.11 Å². The van der Waals surface area contributed by atoms with E-state index in [9.17, 15) is 18.3 Å². The lowest BCUT2D eigenvalue weighted by Gasteiger charge is -2.13. The van der Waals surface area contributed by atoms with Gasteiger partial charge in [0, 0.05) is 0 Å². The Bertz CT molecular complexity index is 586. The summed E-state index contributed by atoms with van der Waals surface area (Å²) in [7, 11) is 0. The van der Waals surface area contributed by atoms with Gasteiger partial charge in [-0.3, -0.25) is 0 Å². The highest BCUT2D eigenvalue weighted by Crippen LogP contribution is 2.34. The SMILES string of the molecule is Cc1ccc(CCc2ccc(O)cc2C(F)(F)F)cc1. The average molecular weight is 280 g/mol. The highest BCUT2D eigenvalue weighted by Gasteiger charge is 2.33. The smallest absolute Gasteiger partial charge is 0.416 e. The van der Waals surface area contributed by atoms with Crippen molar-refractivity contribution in [1.82, 2.24) is 0 Å². The Hall–Kier alpha value is -1.97. The molecule has 0 unspecified atom stereocenters. The molecule has 2 aromatic carbocycles. The second kappa shape index (κ2) is 5.57. The van der Waals surface area contributed by atoms with Gasteiger partial charge in [0.15, 0.2) is 0 Å². The number of alkyl halides is 3. The first-order valence-electron chi connectivity index (χ1n) is 6.31. The largest absolute Gasteiger partial charge is 0.508 e. The summed E-state index contributed by atoms with van der Waals surface area (Å²) in [5.74, 6) is -0.364. The Morgan fingerprint density at radius 1 is 0.950 bits per heavy atom. The molecule has 0 saturated heterocycles. The minimum Gasteiger partial charge on any atom is -0.508 e. The van der Waals surface area contributed by atoms with Crippen LogP contribution < -0.4 is 0 Å². The van der Waals surface area contributed by atoms with Gasteiger partial charge in [-0.2, -0.15) is 13.2 Å². The van der Waals surface area contributed by atoms with Crippen molar-refractivity contribution in [3.05, 3.63) is 64.7 Å². The normalized spacial score (nSPS) is 11.6. The molecule has 1 nitrogen and oxygen atoms in total. The zero-order chi connectivity index (χ0) is 14.8. The average Bonchev–Trinajstić information content (AvgIpc) is 2.38. The summed E-state index contributed by atoms with van der Waals surface area (Å²) in [5, 5.41) is 9.22. The molecule has 0 bridgehead atoms. The Labute approximate surface area is 115 Å². The molecule has 1 N–H and O–H groups in total. The minimum absolute atomic E-state index is 0.205. The fourth-order valence-corrected chi connectivity index (χ4v) is 2.08. The van der Waals surface area contributed by atoms with Crippen LogP contribution in [0.15, 0.2) is 42.5 Å². The molecule has 0 atom stereocenters. The Morgan fingerprint density at radius 2 is 1.60 bits per heavy atom. The summed E-state index contributed by atoms with van der Waals surface area (Å²) in [5.41, 5.74) is 1.56. The van der Waals surface area contributed by atoms with Gasteiger partial charge in [-0.1, -0.05) is 35.9 Å². The molecule has 0 heterocycles. The van der Waals surface area contributed by atoms with Gasteiger partial charge in [0.05, 0.1) is 5.56 Å².